The monoisotopic (exact) mass is 397 g/mol. The summed E-state index contributed by atoms with van der Waals surface area (Å²) in [5, 5.41) is 13.3. The number of nitrogens with one attached hydrogen (secondary N) is 1. The molecule has 1 aliphatic carbocycles. The van der Waals surface area contributed by atoms with Crippen molar-refractivity contribution in [3.05, 3.63) is 66.2 Å². The van der Waals surface area contributed by atoms with E-state index < -0.39 is 0 Å². The molecule has 2 aromatic carbocycles. The fourth-order valence-electron chi connectivity index (χ4n) is 4.51. The Morgan fingerprint density at radius 3 is 2.17 bits per heavy atom. The van der Waals surface area contributed by atoms with E-state index >= 15 is 0 Å². The highest BCUT2D eigenvalue weighted by molar-refractivity contribution is 5.97. The number of nitriles is 1. The van der Waals surface area contributed by atoms with Gasteiger partial charge in [0.25, 0.3) is 0 Å². The molecular weight excluding hydrogens is 370 g/mol. The molecule has 30 heavy (non-hydrogen) atoms. The highest BCUT2D eigenvalue weighted by atomic mass is 16.1. The van der Waals surface area contributed by atoms with E-state index in [0.29, 0.717) is 17.8 Å². The summed E-state index contributed by atoms with van der Waals surface area (Å²) < 4.78 is 2.25. The number of rotatable bonds is 5. The molecule has 1 amide bonds. The van der Waals surface area contributed by atoms with Crippen LogP contribution >= 0.6 is 0 Å². The molecule has 0 atom stereocenters. The first kappa shape index (κ1) is 20.0. The minimum Gasteiger partial charge on any atom is -0.322 e. The van der Waals surface area contributed by atoms with Crippen molar-refractivity contribution >= 4 is 11.7 Å². The summed E-state index contributed by atoms with van der Waals surface area (Å²) in [6.45, 7) is 1.84. The third-order valence-electron chi connectivity index (χ3n) is 5.95. The lowest BCUT2D eigenvalue weighted by molar-refractivity contribution is -0.115. The van der Waals surface area contributed by atoms with Crippen LogP contribution in [0.5, 0.6) is 0 Å². The minimum atomic E-state index is -0.0692. The van der Waals surface area contributed by atoms with Crippen molar-refractivity contribution in [3.63, 3.8) is 0 Å². The van der Waals surface area contributed by atoms with E-state index in [4.69, 9.17) is 0 Å². The van der Waals surface area contributed by atoms with Crippen molar-refractivity contribution in [1.29, 1.82) is 5.26 Å². The molecule has 4 rings (SSSR count). The first-order valence-corrected chi connectivity index (χ1v) is 10.8. The van der Waals surface area contributed by atoms with Gasteiger partial charge in [0.1, 0.15) is 17.5 Å². The van der Waals surface area contributed by atoms with Crippen molar-refractivity contribution in [2.24, 2.45) is 0 Å². The zero-order valence-corrected chi connectivity index (χ0v) is 17.4. The van der Waals surface area contributed by atoms with Crippen LogP contribution in [0.2, 0.25) is 0 Å². The molecular formula is C26H27N3O. The van der Waals surface area contributed by atoms with Gasteiger partial charge in [-0.2, -0.15) is 5.26 Å². The van der Waals surface area contributed by atoms with Gasteiger partial charge in [-0.15, -0.1) is 0 Å². The first-order valence-electron chi connectivity index (χ1n) is 10.8. The average Bonchev–Trinajstić information content (AvgIpc) is 3.14. The van der Waals surface area contributed by atoms with Gasteiger partial charge in [0.15, 0.2) is 0 Å². The lowest BCUT2D eigenvalue weighted by Gasteiger charge is -2.28. The van der Waals surface area contributed by atoms with Gasteiger partial charge in [0.2, 0.25) is 5.91 Å². The Hall–Kier alpha value is -3.32. The summed E-state index contributed by atoms with van der Waals surface area (Å²) in [7, 11) is 0. The van der Waals surface area contributed by atoms with E-state index in [9.17, 15) is 10.1 Å². The maximum atomic E-state index is 12.4. The van der Waals surface area contributed by atoms with Crippen molar-refractivity contribution < 1.29 is 4.79 Å². The van der Waals surface area contributed by atoms with E-state index in [-0.39, 0.29) is 11.9 Å². The number of anilines is 1. The standard InChI is InChI=1S/C26H27N3O/c1-2-23(30)28-26-22(18-27)24(19-12-6-3-7-13-19)25(20-14-8-4-9-15-20)29(26)21-16-10-5-11-17-21/h3-4,6-9,12-15,21H,2,5,10-11,16-17H2,1H3,(H,28,30). The molecule has 0 unspecified atom stereocenters. The Morgan fingerprint density at radius 2 is 1.60 bits per heavy atom. The van der Waals surface area contributed by atoms with Gasteiger partial charge in [0.05, 0.1) is 5.69 Å². The molecule has 4 heteroatoms. The van der Waals surface area contributed by atoms with E-state index in [1.165, 1.54) is 19.3 Å². The van der Waals surface area contributed by atoms with Crippen LogP contribution in [0.4, 0.5) is 5.82 Å². The van der Waals surface area contributed by atoms with Crippen LogP contribution in [0.15, 0.2) is 60.7 Å². The minimum absolute atomic E-state index is 0.0692. The largest absolute Gasteiger partial charge is 0.322 e. The van der Waals surface area contributed by atoms with Crippen LogP contribution < -0.4 is 5.32 Å². The van der Waals surface area contributed by atoms with Crippen molar-refractivity contribution in [2.75, 3.05) is 5.32 Å². The molecule has 0 aliphatic heterocycles. The normalized spacial score (nSPS) is 14.3. The summed E-state index contributed by atoms with van der Waals surface area (Å²) >= 11 is 0. The fraction of sp³-hybridized carbons (Fsp3) is 0.308. The molecule has 0 spiro atoms. The van der Waals surface area contributed by atoms with Crippen LogP contribution in [-0.2, 0) is 4.79 Å². The molecule has 1 N–H and O–H groups in total. The third kappa shape index (κ3) is 3.76. The number of amides is 1. The summed E-state index contributed by atoms with van der Waals surface area (Å²) in [6.07, 6.45) is 6.07. The maximum Gasteiger partial charge on any atom is 0.225 e. The third-order valence-corrected chi connectivity index (χ3v) is 5.95. The number of carbonyl (C=O) groups excluding carboxylic acids is 1. The molecule has 0 bridgehead atoms. The van der Waals surface area contributed by atoms with E-state index in [1.54, 1.807) is 0 Å². The lowest BCUT2D eigenvalue weighted by Crippen LogP contribution is -2.20. The zero-order chi connectivity index (χ0) is 20.9. The predicted octanol–water partition coefficient (Wildman–Crippen LogP) is 6.55. The highest BCUT2D eigenvalue weighted by Crippen LogP contribution is 2.46. The van der Waals surface area contributed by atoms with Crippen molar-refractivity contribution in [2.45, 2.75) is 51.5 Å². The zero-order valence-electron chi connectivity index (χ0n) is 17.4. The molecule has 4 nitrogen and oxygen atoms in total. The Labute approximate surface area is 178 Å². The number of aromatic nitrogens is 1. The number of carbonyl (C=O) groups is 1. The molecule has 0 radical (unpaired) electrons. The fourth-order valence-corrected chi connectivity index (χ4v) is 4.51. The summed E-state index contributed by atoms with van der Waals surface area (Å²) in [6, 6.07) is 23.0. The molecule has 1 saturated carbocycles. The van der Waals surface area contributed by atoms with Crippen LogP contribution in [-0.4, -0.2) is 10.5 Å². The molecule has 1 heterocycles. The maximum absolute atomic E-state index is 12.4. The lowest BCUT2D eigenvalue weighted by atomic mass is 9.94. The molecule has 1 fully saturated rings. The van der Waals surface area contributed by atoms with Gasteiger partial charge in [-0.3, -0.25) is 4.79 Å². The van der Waals surface area contributed by atoms with Crippen LogP contribution in [0.1, 0.15) is 57.1 Å². The van der Waals surface area contributed by atoms with Gasteiger partial charge < -0.3 is 9.88 Å². The summed E-state index contributed by atoms with van der Waals surface area (Å²) in [5.41, 5.74) is 4.54. The van der Waals surface area contributed by atoms with Gasteiger partial charge in [-0.05, 0) is 24.0 Å². The second-order valence-electron chi connectivity index (χ2n) is 7.85. The molecule has 1 aromatic heterocycles. The van der Waals surface area contributed by atoms with Crippen LogP contribution in [0.3, 0.4) is 0 Å². The summed E-state index contributed by atoms with van der Waals surface area (Å²) in [5.74, 6) is 0.578. The second-order valence-corrected chi connectivity index (χ2v) is 7.85. The SMILES string of the molecule is CCC(=O)Nc1c(C#N)c(-c2ccccc2)c(-c2ccccc2)n1C1CCCCC1. The Balaban J connectivity index is 2.06. The molecule has 1 aliphatic rings. The summed E-state index contributed by atoms with van der Waals surface area (Å²) in [4.78, 5) is 12.4. The van der Waals surface area contributed by atoms with Crippen molar-refractivity contribution in [3.8, 4) is 28.5 Å². The quantitative estimate of drug-likeness (QED) is 0.531. The topological polar surface area (TPSA) is 57.8 Å². The van der Waals surface area contributed by atoms with E-state index in [0.717, 1.165) is 35.2 Å². The van der Waals surface area contributed by atoms with Crippen LogP contribution in [0.25, 0.3) is 22.4 Å². The molecule has 3 aromatic rings. The Kier molecular flexibility index (Phi) is 5.99. The van der Waals surface area contributed by atoms with Gasteiger partial charge in [0, 0.05) is 18.0 Å². The first-order chi connectivity index (χ1) is 14.7. The second kappa shape index (κ2) is 9.00. The van der Waals surface area contributed by atoms with Crippen molar-refractivity contribution in [1.82, 2.24) is 4.57 Å². The molecule has 0 saturated heterocycles. The smallest absolute Gasteiger partial charge is 0.225 e. The van der Waals surface area contributed by atoms with Gasteiger partial charge in [-0.25, -0.2) is 0 Å². The number of hydrogen-bond acceptors (Lipinski definition) is 2. The number of nitrogens with zero attached hydrogens (tertiary/aromatic N) is 2. The number of benzene rings is 2. The van der Waals surface area contributed by atoms with Gasteiger partial charge in [-0.1, -0.05) is 86.8 Å². The number of hydrogen-bond donors (Lipinski definition) is 1. The highest BCUT2D eigenvalue weighted by Gasteiger charge is 2.30. The predicted molar refractivity (Wildman–Crippen MR) is 121 cm³/mol. The Morgan fingerprint density at radius 1 is 1.00 bits per heavy atom. The average molecular weight is 398 g/mol. The van der Waals surface area contributed by atoms with Gasteiger partial charge >= 0.3 is 0 Å². The van der Waals surface area contributed by atoms with E-state index in [2.05, 4.69) is 28.1 Å². The van der Waals surface area contributed by atoms with Crippen LogP contribution in [0, 0.1) is 11.3 Å². The Bertz CT molecular complexity index is 1060. The molecule has 152 valence electrons. The van der Waals surface area contributed by atoms with E-state index in [1.807, 2.05) is 55.5 Å².